The fraction of sp³-hybridized carbons (Fsp3) is 0.429. The second kappa shape index (κ2) is 5.83. The average molecular weight is 362 g/mol. The van der Waals surface area contributed by atoms with Crippen LogP contribution in [0.3, 0.4) is 0 Å². The maximum Gasteiger partial charge on any atom is 0.377 e. The molecule has 3 N–H and O–H groups in total. The number of aromatic amines is 1. The van der Waals surface area contributed by atoms with Crippen LogP contribution in [0.25, 0.3) is 11.5 Å². The number of aromatic nitrogens is 2. The molecule has 0 bridgehead atoms. The van der Waals surface area contributed by atoms with Gasteiger partial charge in [-0.15, -0.1) is 0 Å². The van der Waals surface area contributed by atoms with Crippen LogP contribution in [-0.4, -0.2) is 55.9 Å². The summed E-state index contributed by atoms with van der Waals surface area (Å²) in [6, 6.07) is 3.20. The van der Waals surface area contributed by atoms with Crippen LogP contribution in [0.15, 0.2) is 22.7 Å². The molecule has 3 heterocycles. The molecule has 1 fully saturated rings. The monoisotopic (exact) mass is 361 g/mol. The highest BCUT2D eigenvalue weighted by Gasteiger charge is 2.61. The fourth-order valence-electron chi connectivity index (χ4n) is 2.80. The van der Waals surface area contributed by atoms with Crippen molar-refractivity contribution in [3.05, 3.63) is 29.1 Å². The summed E-state index contributed by atoms with van der Waals surface area (Å²) in [6.45, 7) is -0.138. The number of H-pyrrole nitrogens is 1. The van der Waals surface area contributed by atoms with E-state index in [9.17, 15) is 18.7 Å². The number of rotatable bonds is 5. The van der Waals surface area contributed by atoms with E-state index in [0.29, 0.717) is 17.0 Å². The maximum absolute atomic E-state index is 13.7. The Hall–Kier alpha value is -1.97. The van der Waals surface area contributed by atoms with Crippen LogP contribution in [0.4, 0.5) is 8.78 Å². The number of carboxylic acid groups (broad SMARTS) is 1. The molecule has 0 saturated carbocycles. The van der Waals surface area contributed by atoms with Crippen molar-refractivity contribution in [2.24, 2.45) is 0 Å². The Morgan fingerprint density at radius 2 is 2.29 bits per heavy atom. The van der Waals surface area contributed by atoms with E-state index < -0.39 is 24.0 Å². The van der Waals surface area contributed by atoms with Crippen molar-refractivity contribution in [2.75, 3.05) is 13.1 Å². The average Bonchev–Trinajstić information content (AvgIpc) is 3.20. The minimum Gasteiger partial charge on any atom is -0.477 e. The Bertz CT molecular complexity index is 763. The number of nitrogens with one attached hydrogen (secondary N) is 1. The molecule has 1 aliphatic heterocycles. The topological polar surface area (TPSA) is 103 Å². The van der Waals surface area contributed by atoms with E-state index in [2.05, 4.69) is 10.2 Å². The van der Waals surface area contributed by atoms with E-state index >= 15 is 0 Å². The standard InChI is InChI=1S/C14H14ClF2N3O4/c15-10-2-1-9(24-10)11-8(5-18-19-11)6-20-4-3-13(23,7-20)14(16,17)12(21)22/h1-2,5,23H,3-4,6-7H2,(H,18,19)(H,21,22). The molecule has 1 atom stereocenters. The highest BCUT2D eigenvalue weighted by atomic mass is 35.5. The lowest BCUT2D eigenvalue weighted by atomic mass is 9.95. The zero-order chi connectivity index (χ0) is 17.5. The molecule has 0 spiro atoms. The van der Waals surface area contributed by atoms with Crippen molar-refractivity contribution >= 4 is 17.6 Å². The van der Waals surface area contributed by atoms with Gasteiger partial charge in [0.25, 0.3) is 0 Å². The number of aliphatic carboxylic acids is 1. The SMILES string of the molecule is O=C(O)C(F)(F)C1(O)CCN(Cc2cn[nH]c2-c2ccc(Cl)o2)C1. The molecule has 0 radical (unpaired) electrons. The number of nitrogens with zero attached hydrogens (tertiary/aromatic N) is 2. The van der Waals surface area contributed by atoms with Crippen molar-refractivity contribution < 1.29 is 28.2 Å². The summed E-state index contributed by atoms with van der Waals surface area (Å²) < 4.78 is 32.7. The van der Waals surface area contributed by atoms with Crippen LogP contribution in [0.5, 0.6) is 0 Å². The molecular formula is C14H14ClF2N3O4. The summed E-state index contributed by atoms with van der Waals surface area (Å²) in [6.07, 6.45) is 1.17. The Morgan fingerprint density at radius 1 is 1.54 bits per heavy atom. The molecule has 0 aliphatic carbocycles. The Labute approximate surface area is 139 Å². The lowest BCUT2D eigenvalue weighted by molar-refractivity contribution is -0.205. The predicted molar refractivity (Wildman–Crippen MR) is 78.7 cm³/mol. The van der Waals surface area contributed by atoms with Crippen molar-refractivity contribution in [1.29, 1.82) is 0 Å². The van der Waals surface area contributed by atoms with Gasteiger partial charge in [-0.1, -0.05) is 0 Å². The summed E-state index contributed by atoms with van der Waals surface area (Å²) in [5.41, 5.74) is -1.40. The molecule has 1 saturated heterocycles. The van der Waals surface area contributed by atoms with Crippen LogP contribution < -0.4 is 0 Å². The van der Waals surface area contributed by atoms with Gasteiger partial charge in [-0.05, 0) is 30.2 Å². The number of β-amino-alcohol motifs (C(OH)–C–C–N with tert-alkyl or cyclic N) is 1. The van der Waals surface area contributed by atoms with E-state index in [0.717, 1.165) is 0 Å². The third-order valence-electron chi connectivity index (χ3n) is 4.11. The van der Waals surface area contributed by atoms with Crippen LogP contribution >= 0.6 is 11.6 Å². The Kier molecular flexibility index (Phi) is 4.10. The van der Waals surface area contributed by atoms with Gasteiger partial charge < -0.3 is 14.6 Å². The van der Waals surface area contributed by atoms with Crippen molar-refractivity contribution in [1.82, 2.24) is 15.1 Å². The molecular weight excluding hydrogens is 348 g/mol. The second-order valence-corrected chi connectivity index (χ2v) is 6.12. The van der Waals surface area contributed by atoms with E-state index in [4.69, 9.17) is 21.1 Å². The number of furan rings is 1. The van der Waals surface area contributed by atoms with Gasteiger partial charge in [-0.2, -0.15) is 13.9 Å². The first-order valence-corrected chi connectivity index (χ1v) is 7.45. The maximum atomic E-state index is 13.7. The summed E-state index contributed by atoms with van der Waals surface area (Å²) in [5, 5.41) is 25.5. The van der Waals surface area contributed by atoms with Gasteiger partial charge >= 0.3 is 11.9 Å². The number of likely N-dealkylation sites (tertiary alicyclic amines) is 1. The van der Waals surface area contributed by atoms with Gasteiger partial charge in [-0.25, -0.2) is 4.79 Å². The van der Waals surface area contributed by atoms with E-state index in [1.807, 2.05) is 0 Å². The molecule has 10 heteroatoms. The minimum atomic E-state index is -4.21. The first-order chi connectivity index (χ1) is 11.2. The molecule has 0 aromatic carbocycles. The molecule has 2 aromatic rings. The largest absolute Gasteiger partial charge is 0.477 e. The lowest BCUT2D eigenvalue weighted by Gasteiger charge is -2.29. The number of carboxylic acids is 1. The summed E-state index contributed by atoms with van der Waals surface area (Å²) in [5.74, 6) is -6.10. The Balaban J connectivity index is 1.76. The van der Waals surface area contributed by atoms with Gasteiger partial charge in [0.15, 0.2) is 16.6 Å². The number of halogens is 3. The van der Waals surface area contributed by atoms with Gasteiger partial charge in [0.05, 0.1) is 6.20 Å². The molecule has 1 aliphatic rings. The third-order valence-corrected chi connectivity index (χ3v) is 4.31. The number of alkyl halides is 2. The first-order valence-electron chi connectivity index (χ1n) is 7.07. The molecule has 2 aromatic heterocycles. The van der Waals surface area contributed by atoms with E-state index in [1.54, 1.807) is 12.1 Å². The zero-order valence-corrected chi connectivity index (χ0v) is 13.1. The van der Waals surface area contributed by atoms with Gasteiger partial charge in [0.2, 0.25) is 0 Å². The quantitative estimate of drug-likeness (QED) is 0.752. The zero-order valence-electron chi connectivity index (χ0n) is 12.3. The van der Waals surface area contributed by atoms with Crippen molar-refractivity contribution in [2.45, 2.75) is 24.5 Å². The van der Waals surface area contributed by atoms with E-state index in [1.165, 1.54) is 11.1 Å². The van der Waals surface area contributed by atoms with Crippen LogP contribution in [0.1, 0.15) is 12.0 Å². The van der Waals surface area contributed by atoms with Gasteiger partial charge in [-0.3, -0.25) is 10.00 Å². The molecule has 130 valence electrons. The molecule has 1 unspecified atom stereocenters. The highest BCUT2D eigenvalue weighted by Crippen LogP contribution is 2.38. The molecule has 7 nitrogen and oxygen atoms in total. The summed E-state index contributed by atoms with van der Waals surface area (Å²) >= 11 is 5.73. The molecule has 24 heavy (non-hydrogen) atoms. The second-order valence-electron chi connectivity index (χ2n) is 5.75. The molecule has 3 rings (SSSR count). The summed E-state index contributed by atoms with van der Waals surface area (Å²) in [7, 11) is 0. The van der Waals surface area contributed by atoms with Crippen molar-refractivity contribution in [3.8, 4) is 11.5 Å². The molecule has 0 amide bonds. The third kappa shape index (κ3) is 2.79. The number of hydrogen-bond acceptors (Lipinski definition) is 5. The van der Waals surface area contributed by atoms with E-state index in [-0.39, 0.29) is 24.7 Å². The minimum absolute atomic E-state index is 0.128. The first kappa shape index (κ1) is 16.9. The lowest BCUT2D eigenvalue weighted by Crippen LogP contribution is -2.54. The fourth-order valence-corrected chi connectivity index (χ4v) is 2.94. The smallest absolute Gasteiger partial charge is 0.377 e. The van der Waals surface area contributed by atoms with Crippen LogP contribution in [0, 0.1) is 0 Å². The van der Waals surface area contributed by atoms with Crippen LogP contribution in [-0.2, 0) is 11.3 Å². The summed E-state index contributed by atoms with van der Waals surface area (Å²) in [4.78, 5) is 12.2. The predicted octanol–water partition coefficient (Wildman–Crippen LogP) is 1.98. The number of carbonyl (C=O) groups is 1. The number of aliphatic hydroxyl groups is 1. The van der Waals surface area contributed by atoms with Gasteiger partial charge in [0, 0.05) is 25.2 Å². The van der Waals surface area contributed by atoms with Crippen LogP contribution in [0.2, 0.25) is 5.22 Å². The Morgan fingerprint density at radius 3 is 2.92 bits per heavy atom. The number of hydrogen-bond donors (Lipinski definition) is 3. The normalized spacial score (nSPS) is 22.2. The highest BCUT2D eigenvalue weighted by molar-refractivity contribution is 6.28. The van der Waals surface area contributed by atoms with Gasteiger partial charge in [0.1, 0.15) is 5.69 Å². The van der Waals surface area contributed by atoms with Crippen molar-refractivity contribution in [3.63, 3.8) is 0 Å².